The molecule has 1 heterocycles. The van der Waals surface area contributed by atoms with Crippen LogP contribution in [0.5, 0.6) is 6.01 Å². The van der Waals surface area contributed by atoms with Crippen molar-refractivity contribution in [3.8, 4) is 6.01 Å². The van der Waals surface area contributed by atoms with Crippen LogP contribution in [-0.2, 0) is 4.79 Å². The van der Waals surface area contributed by atoms with Gasteiger partial charge >= 0.3 is 6.01 Å². The monoisotopic (exact) mass is 334 g/mol. The molecule has 1 aromatic heterocycles. The number of rotatable bonds is 5. The number of hydrogen-bond acceptors (Lipinski definition) is 5. The van der Waals surface area contributed by atoms with Gasteiger partial charge in [0.2, 0.25) is 5.91 Å². The van der Waals surface area contributed by atoms with E-state index in [1.54, 1.807) is 19.0 Å². The fourth-order valence-corrected chi connectivity index (χ4v) is 1.87. The zero-order valence-electron chi connectivity index (χ0n) is 13.4. The molecule has 2 rings (SSSR count). The Kier molecular flexibility index (Phi) is 5.41. The number of nitrogens with zero attached hydrogens (tertiary/aromatic N) is 3. The largest absolute Gasteiger partial charge is 0.467 e. The van der Waals surface area contributed by atoms with Crippen LogP contribution < -0.4 is 15.0 Å². The van der Waals surface area contributed by atoms with E-state index in [0.29, 0.717) is 11.5 Å². The van der Waals surface area contributed by atoms with Gasteiger partial charge in [-0.3, -0.25) is 4.79 Å². The SMILES string of the molecule is COc1ncc(NC(=O)/C=C/c2cc(F)ccc2F)c(N(C)C)n1. The minimum Gasteiger partial charge on any atom is -0.467 e. The Hall–Kier alpha value is -3.03. The lowest BCUT2D eigenvalue weighted by molar-refractivity contribution is -0.111. The van der Waals surface area contributed by atoms with E-state index in [1.165, 1.54) is 19.4 Å². The van der Waals surface area contributed by atoms with Crippen LogP contribution in [0.2, 0.25) is 0 Å². The van der Waals surface area contributed by atoms with Crippen LogP contribution in [-0.4, -0.2) is 37.1 Å². The van der Waals surface area contributed by atoms with E-state index in [9.17, 15) is 13.6 Å². The van der Waals surface area contributed by atoms with Crippen LogP contribution in [0, 0.1) is 11.6 Å². The second-order valence-electron chi connectivity index (χ2n) is 4.98. The van der Waals surface area contributed by atoms with Crippen LogP contribution in [0.3, 0.4) is 0 Å². The van der Waals surface area contributed by atoms with Crippen LogP contribution >= 0.6 is 0 Å². The highest BCUT2D eigenvalue weighted by Gasteiger charge is 2.11. The molecule has 0 saturated carbocycles. The first-order chi connectivity index (χ1) is 11.4. The third-order valence-corrected chi connectivity index (χ3v) is 2.98. The van der Waals surface area contributed by atoms with Crippen LogP contribution in [0.4, 0.5) is 20.3 Å². The number of methoxy groups -OCH3 is 1. The summed E-state index contributed by atoms with van der Waals surface area (Å²) in [6, 6.07) is 3.16. The molecule has 0 atom stereocenters. The molecule has 0 unspecified atom stereocenters. The number of ether oxygens (including phenoxy) is 1. The van der Waals surface area contributed by atoms with Crippen molar-refractivity contribution in [3.05, 3.63) is 47.7 Å². The first-order valence-electron chi connectivity index (χ1n) is 6.93. The van der Waals surface area contributed by atoms with Crippen molar-refractivity contribution >= 4 is 23.5 Å². The lowest BCUT2D eigenvalue weighted by Gasteiger charge is -2.16. The number of anilines is 2. The smallest absolute Gasteiger partial charge is 0.318 e. The van der Waals surface area contributed by atoms with Crippen LogP contribution in [0.25, 0.3) is 6.08 Å². The van der Waals surface area contributed by atoms with E-state index in [1.807, 2.05) is 0 Å². The Morgan fingerprint density at radius 2 is 2.08 bits per heavy atom. The van der Waals surface area contributed by atoms with Crippen molar-refractivity contribution in [1.29, 1.82) is 0 Å². The molecule has 0 fully saturated rings. The van der Waals surface area contributed by atoms with E-state index in [4.69, 9.17) is 4.74 Å². The Labute approximate surface area is 137 Å². The van der Waals surface area contributed by atoms with Gasteiger partial charge in [-0.25, -0.2) is 13.8 Å². The zero-order chi connectivity index (χ0) is 17.7. The summed E-state index contributed by atoms with van der Waals surface area (Å²) in [5.74, 6) is -1.30. The minimum absolute atomic E-state index is 0.0241. The van der Waals surface area contributed by atoms with Gasteiger partial charge in [-0.15, -0.1) is 0 Å². The lowest BCUT2D eigenvalue weighted by Crippen LogP contribution is -2.17. The summed E-state index contributed by atoms with van der Waals surface area (Å²) in [6.45, 7) is 0. The molecule has 8 heteroatoms. The second kappa shape index (κ2) is 7.49. The number of carbonyl (C=O) groups excluding carboxylic acids is 1. The summed E-state index contributed by atoms with van der Waals surface area (Å²) >= 11 is 0. The van der Waals surface area contributed by atoms with Gasteiger partial charge in [0.1, 0.15) is 17.3 Å². The number of aromatic nitrogens is 2. The average molecular weight is 334 g/mol. The van der Waals surface area contributed by atoms with E-state index in [-0.39, 0.29) is 11.6 Å². The first kappa shape index (κ1) is 17.3. The molecule has 0 aliphatic rings. The Morgan fingerprint density at radius 1 is 1.33 bits per heavy atom. The molecule has 0 bridgehead atoms. The van der Waals surface area contributed by atoms with Crippen molar-refractivity contribution in [1.82, 2.24) is 9.97 Å². The molecule has 1 amide bonds. The highest BCUT2D eigenvalue weighted by atomic mass is 19.1. The van der Waals surface area contributed by atoms with Gasteiger partial charge in [-0.1, -0.05) is 0 Å². The number of hydrogen-bond donors (Lipinski definition) is 1. The molecule has 0 spiro atoms. The van der Waals surface area contributed by atoms with E-state index < -0.39 is 17.5 Å². The van der Waals surface area contributed by atoms with Gasteiger partial charge in [-0.2, -0.15) is 4.98 Å². The minimum atomic E-state index is -0.623. The van der Waals surface area contributed by atoms with Crippen molar-refractivity contribution in [2.75, 3.05) is 31.4 Å². The Morgan fingerprint density at radius 3 is 2.75 bits per heavy atom. The van der Waals surface area contributed by atoms with Crippen molar-refractivity contribution in [2.45, 2.75) is 0 Å². The topological polar surface area (TPSA) is 67.3 Å². The van der Waals surface area contributed by atoms with Crippen molar-refractivity contribution in [3.63, 3.8) is 0 Å². The first-order valence-corrected chi connectivity index (χ1v) is 6.93. The Balaban J connectivity index is 2.18. The zero-order valence-corrected chi connectivity index (χ0v) is 13.4. The second-order valence-corrected chi connectivity index (χ2v) is 4.98. The van der Waals surface area contributed by atoms with Gasteiger partial charge in [-0.05, 0) is 24.3 Å². The molecule has 1 N–H and O–H groups in total. The molecule has 6 nitrogen and oxygen atoms in total. The summed E-state index contributed by atoms with van der Waals surface area (Å²) in [4.78, 5) is 21.7. The van der Waals surface area contributed by atoms with Crippen molar-refractivity contribution in [2.24, 2.45) is 0 Å². The van der Waals surface area contributed by atoms with Gasteiger partial charge < -0.3 is 15.0 Å². The van der Waals surface area contributed by atoms with Gasteiger partial charge in [0.25, 0.3) is 0 Å². The average Bonchev–Trinajstić information content (AvgIpc) is 2.55. The maximum absolute atomic E-state index is 13.5. The molecule has 24 heavy (non-hydrogen) atoms. The van der Waals surface area contributed by atoms with Gasteiger partial charge in [0.05, 0.1) is 13.3 Å². The summed E-state index contributed by atoms with van der Waals surface area (Å²) in [5.41, 5.74) is 0.333. The quantitative estimate of drug-likeness (QED) is 0.851. The fourth-order valence-electron chi connectivity index (χ4n) is 1.87. The summed E-state index contributed by atoms with van der Waals surface area (Å²) < 4.78 is 31.5. The number of nitrogens with one attached hydrogen (secondary N) is 1. The molecular weight excluding hydrogens is 318 g/mol. The fraction of sp³-hybridized carbons (Fsp3) is 0.188. The third kappa shape index (κ3) is 4.25. The highest BCUT2D eigenvalue weighted by molar-refractivity contribution is 6.03. The van der Waals surface area contributed by atoms with Crippen LogP contribution in [0.1, 0.15) is 5.56 Å². The molecule has 1 aromatic carbocycles. The number of halogens is 2. The molecule has 126 valence electrons. The molecule has 0 radical (unpaired) electrons. The predicted octanol–water partition coefficient (Wildman–Crippen LogP) is 2.48. The molecule has 2 aromatic rings. The molecule has 0 aliphatic carbocycles. The van der Waals surface area contributed by atoms with E-state index in [0.717, 1.165) is 24.3 Å². The number of amides is 1. The molecule has 0 saturated heterocycles. The van der Waals surface area contributed by atoms with Crippen LogP contribution in [0.15, 0.2) is 30.5 Å². The summed E-state index contributed by atoms with van der Waals surface area (Å²) in [7, 11) is 4.92. The molecular formula is C16H16F2N4O2. The standard InChI is InChI=1S/C16H16F2N4O2/c1-22(2)15-13(9-19-16(21-15)24-3)20-14(23)7-4-10-8-11(17)5-6-12(10)18/h4-9H,1-3H3,(H,20,23)/b7-4+. The lowest BCUT2D eigenvalue weighted by atomic mass is 10.2. The van der Waals surface area contributed by atoms with E-state index in [2.05, 4.69) is 15.3 Å². The van der Waals surface area contributed by atoms with E-state index >= 15 is 0 Å². The normalized spacial score (nSPS) is 10.7. The van der Waals surface area contributed by atoms with Gasteiger partial charge in [0, 0.05) is 25.7 Å². The Bertz CT molecular complexity index is 779. The maximum atomic E-state index is 13.5. The number of benzene rings is 1. The molecule has 0 aliphatic heterocycles. The summed E-state index contributed by atoms with van der Waals surface area (Å²) in [6.07, 6.45) is 3.69. The van der Waals surface area contributed by atoms with Gasteiger partial charge in [0.15, 0.2) is 5.82 Å². The predicted molar refractivity (Wildman–Crippen MR) is 86.9 cm³/mol. The highest BCUT2D eigenvalue weighted by Crippen LogP contribution is 2.23. The summed E-state index contributed by atoms with van der Waals surface area (Å²) in [5, 5.41) is 2.58. The maximum Gasteiger partial charge on any atom is 0.318 e. The van der Waals surface area contributed by atoms with Crippen molar-refractivity contribution < 1.29 is 18.3 Å². The number of carbonyl (C=O) groups is 1. The third-order valence-electron chi connectivity index (χ3n) is 2.98.